The van der Waals surface area contributed by atoms with Gasteiger partial charge in [-0.3, -0.25) is 0 Å². The van der Waals surface area contributed by atoms with Gasteiger partial charge in [0.2, 0.25) is 0 Å². The van der Waals surface area contributed by atoms with Crippen LogP contribution in [0.2, 0.25) is 0 Å². The zero-order chi connectivity index (χ0) is 8.81. The molecule has 0 aliphatic carbocycles. The van der Waals surface area contributed by atoms with Crippen LogP contribution in [-0.2, 0) is 0 Å². The summed E-state index contributed by atoms with van der Waals surface area (Å²) in [4.78, 5) is 0. The SMILES string of the molecule is [CH2]CCCC(O)c1ccccc1. The molecule has 0 fully saturated rings. The topological polar surface area (TPSA) is 20.2 Å². The van der Waals surface area contributed by atoms with Crippen molar-refractivity contribution in [3.05, 3.63) is 42.8 Å². The maximum absolute atomic E-state index is 9.62. The van der Waals surface area contributed by atoms with Crippen molar-refractivity contribution in [2.45, 2.75) is 25.4 Å². The lowest BCUT2D eigenvalue weighted by Gasteiger charge is -2.09. The van der Waals surface area contributed by atoms with Crippen LogP contribution >= 0.6 is 0 Å². The van der Waals surface area contributed by atoms with Crippen molar-refractivity contribution in [1.82, 2.24) is 0 Å². The number of hydrogen-bond donors (Lipinski definition) is 1. The van der Waals surface area contributed by atoms with Crippen molar-refractivity contribution in [1.29, 1.82) is 0 Å². The van der Waals surface area contributed by atoms with Crippen LogP contribution in [-0.4, -0.2) is 5.11 Å². The van der Waals surface area contributed by atoms with Crippen molar-refractivity contribution in [3.63, 3.8) is 0 Å². The summed E-state index contributed by atoms with van der Waals surface area (Å²) in [6.07, 6.45) is 2.38. The summed E-state index contributed by atoms with van der Waals surface area (Å²) in [5.41, 5.74) is 1.01. The Morgan fingerprint density at radius 1 is 1.25 bits per heavy atom. The fraction of sp³-hybridized carbons (Fsp3) is 0.364. The molecule has 1 rings (SSSR count). The van der Waals surface area contributed by atoms with E-state index in [4.69, 9.17) is 0 Å². The third-order valence-corrected chi connectivity index (χ3v) is 1.91. The molecule has 0 spiro atoms. The molecule has 1 heteroatoms. The van der Waals surface area contributed by atoms with Crippen LogP contribution in [0.5, 0.6) is 0 Å². The van der Waals surface area contributed by atoms with E-state index in [-0.39, 0.29) is 6.10 Å². The summed E-state index contributed by atoms with van der Waals surface area (Å²) >= 11 is 0. The van der Waals surface area contributed by atoms with E-state index in [0.717, 1.165) is 24.8 Å². The fourth-order valence-electron chi connectivity index (χ4n) is 1.18. The molecule has 1 nitrogen and oxygen atoms in total. The highest BCUT2D eigenvalue weighted by atomic mass is 16.3. The number of aliphatic hydroxyl groups excluding tert-OH is 1. The van der Waals surface area contributed by atoms with Crippen molar-refractivity contribution in [2.24, 2.45) is 0 Å². The lowest BCUT2D eigenvalue weighted by molar-refractivity contribution is 0.165. The molecule has 1 radical (unpaired) electrons. The van der Waals surface area contributed by atoms with Crippen LogP contribution in [0, 0.1) is 6.92 Å². The lowest BCUT2D eigenvalue weighted by Crippen LogP contribution is -1.96. The number of rotatable bonds is 4. The van der Waals surface area contributed by atoms with Gasteiger partial charge in [0.05, 0.1) is 6.10 Å². The van der Waals surface area contributed by atoms with E-state index in [2.05, 4.69) is 6.92 Å². The average molecular weight is 163 g/mol. The van der Waals surface area contributed by atoms with Crippen LogP contribution in [0.3, 0.4) is 0 Å². The minimum Gasteiger partial charge on any atom is -0.388 e. The van der Waals surface area contributed by atoms with Crippen molar-refractivity contribution >= 4 is 0 Å². The van der Waals surface area contributed by atoms with Gasteiger partial charge in [0, 0.05) is 0 Å². The normalized spacial score (nSPS) is 12.8. The van der Waals surface area contributed by atoms with E-state index in [1.54, 1.807) is 0 Å². The second-order valence-corrected chi connectivity index (χ2v) is 2.92. The molecule has 1 N–H and O–H groups in total. The molecular weight excluding hydrogens is 148 g/mol. The molecule has 0 aromatic heterocycles. The first-order chi connectivity index (χ1) is 5.84. The maximum Gasteiger partial charge on any atom is 0.0790 e. The second kappa shape index (κ2) is 4.94. The van der Waals surface area contributed by atoms with Gasteiger partial charge in [0.1, 0.15) is 0 Å². The Morgan fingerprint density at radius 3 is 2.50 bits per heavy atom. The molecule has 1 aromatic carbocycles. The number of unbranched alkanes of at least 4 members (excludes halogenated alkanes) is 1. The Hall–Kier alpha value is -0.820. The van der Waals surface area contributed by atoms with E-state index < -0.39 is 0 Å². The van der Waals surface area contributed by atoms with Crippen LogP contribution in [0.25, 0.3) is 0 Å². The average Bonchev–Trinajstić information content (AvgIpc) is 2.15. The summed E-state index contributed by atoms with van der Waals surface area (Å²) in [5.74, 6) is 0. The molecule has 0 bridgehead atoms. The van der Waals surface area contributed by atoms with Gasteiger partial charge >= 0.3 is 0 Å². The Labute approximate surface area is 74.1 Å². The highest BCUT2D eigenvalue weighted by molar-refractivity contribution is 5.16. The molecule has 0 aliphatic heterocycles. The summed E-state index contributed by atoms with van der Waals surface area (Å²) in [7, 11) is 0. The first kappa shape index (κ1) is 9.27. The molecule has 65 valence electrons. The van der Waals surface area contributed by atoms with E-state index in [0.29, 0.717) is 0 Å². The molecule has 0 aliphatic rings. The predicted octanol–water partition coefficient (Wildman–Crippen LogP) is 2.72. The second-order valence-electron chi connectivity index (χ2n) is 2.92. The van der Waals surface area contributed by atoms with Gasteiger partial charge in [0.15, 0.2) is 0 Å². The van der Waals surface area contributed by atoms with Gasteiger partial charge in [-0.05, 0) is 12.0 Å². The molecule has 0 saturated heterocycles. The van der Waals surface area contributed by atoms with Gasteiger partial charge in [-0.2, -0.15) is 0 Å². The van der Waals surface area contributed by atoms with Gasteiger partial charge in [-0.1, -0.05) is 50.1 Å². The Balaban J connectivity index is 2.48. The van der Waals surface area contributed by atoms with Crippen molar-refractivity contribution < 1.29 is 5.11 Å². The van der Waals surface area contributed by atoms with E-state index in [1.165, 1.54) is 0 Å². The Kier molecular flexibility index (Phi) is 3.81. The first-order valence-corrected chi connectivity index (χ1v) is 4.37. The highest BCUT2D eigenvalue weighted by Gasteiger charge is 2.04. The van der Waals surface area contributed by atoms with E-state index in [9.17, 15) is 5.11 Å². The molecule has 1 aromatic rings. The molecule has 12 heavy (non-hydrogen) atoms. The summed E-state index contributed by atoms with van der Waals surface area (Å²) in [6.45, 7) is 3.74. The number of aliphatic hydroxyl groups is 1. The molecule has 0 heterocycles. The van der Waals surface area contributed by atoms with Gasteiger partial charge in [0.25, 0.3) is 0 Å². The zero-order valence-electron chi connectivity index (χ0n) is 7.24. The zero-order valence-corrected chi connectivity index (χ0v) is 7.24. The van der Waals surface area contributed by atoms with E-state index >= 15 is 0 Å². The minimum absolute atomic E-state index is 0.312. The fourth-order valence-corrected chi connectivity index (χ4v) is 1.18. The highest BCUT2D eigenvalue weighted by Crippen LogP contribution is 2.17. The maximum atomic E-state index is 9.62. The third-order valence-electron chi connectivity index (χ3n) is 1.91. The van der Waals surface area contributed by atoms with Crippen LogP contribution < -0.4 is 0 Å². The summed E-state index contributed by atoms with van der Waals surface area (Å²) < 4.78 is 0. The van der Waals surface area contributed by atoms with Crippen LogP contribution in [0.4, 0.5) is 0 Å². The first-order valence-electron chi connectivity index (χ1n) is 4.37. The van der Waals surface area contributed by atoms with Crippen LogP contribution in [0.1, 0.15) is 30.9 Å². The number of benzene rings is 1. The Bertz CT molecular complexity index is 206. The number of hydrogen-bond acceptors (Lipinski definition) is 1. The van der Waals surface area contributed by atoms with Gasteiger partial charge in [-0.25, -0.2) is 0 Å². The smallest absolute Gasteiger partial charge is 0.0790 e. The summed E-state index contributed by atoms with van der Waals surface area (Å²) in [5, 5.41) is 9.62. The van der Waals surface area contributed by atoms with Gasteiger partial charge < -0.3 is 5.11 Å². The summed E-state index contributed by atoms with van der Waals surface area (Å²) in [6, 6.07) is 9.75. The van der Waals surface area contributed by atoms with Crippen molar-refractivity contribution in [3.8, 4) is 0 Å². The molecule has 0 saturated carbocycles. The third kappa shape index (κ3) is 2.67. The van der Waals surface area contributed by atoms with E-state index in [1.807, 2.05) is 30.3 Å². The Morgan fingerprint density at radius 2 is 1.92 bits per heavy atom. The molecule has 1 unspecified atom stereocenters. The standard InChI is InChI=1S/C11H15O/c1-2-3-9-11(12)10-7-5-4-6-8-10/h4-8,11-12H,1-3,9H2. The van der Waals surface area contributed by atoms with Crippen LogP contribution in [0.15, 0.2) is 30.3 Å². The molecule has 1 atom stereocenters. The van der Waals surface area contributed by atoms with Crippen molar-refractivity contribution in [2.75, 3.05) is 0 Å². The molecule has 0 amide bonds. The predicted molar refractivity (Wildman–Crippen MR) is 50.6 cm³/mol. The lowest BCUT2D eigenvalue weighted by atomic mass is 10.0. The molecular formula is C11H15O. The quantitative estimate of drug-likeness (QED) is 0.723. The largest absolute Gasteiger partial charge is 0.388 e. The minimum atomic E-state index is -0.312. The van der Waals surface area contributed by atoms with Gasteiger partial charge in [-0.15, -0.1) is 0 Å². The monoisotopic (exact) mass is 163 g/mol.